The van der Waals surface area contributed by atoms with Crippen molar-refractivity contribution >= 4 is 35.0 Å². The Morgan fingerprint density at radius 3 is 2.45 bits per heavy atom. The molecular formula is C25H30N4O4. The summed E-state index contributed by atoms with van der Waals surface area (Å²) in [5, 5.41) is 16.6. The average molecular weight is 451 g/mol. The molecule has 174 valence electrons. The summed E-state index contributed by atoms with van der Waals surface area (Å²) in [5.74, 6) is -0.505. The van der Waals surface area contributed by atoms with Crippen LogP contribution in [0, 0.1) is 10.1 Å². The molecule has 8 nitrogen and oxygen atoms in total. The summed E-state index contributed by atoms with van der Waals surface area (Å²) < 4.78 is 0. The predicted octanol–water partition coefficient (Wildman–Crippen LogP) is 4.77. The number of carbonyl (C=O) groups excluding carboxylic acids is 2. The van der Waals surface area contributed by atoms with Crippen molar-refractivity contribution in [3.63, 3.8) is 0 Å². The Kier molecular flexibility index (Phi) is 8.18. The van der Waals surface area contributed by atoms with Crippen LogP contribution in [-0.4, -0.2) is 35.9 Å². The second-order valence-corrected chi connectivity index (χ2v) is 8.23. The van der Waals surface area contributed by atoms with Crippen LogP contribution in [0.4, 0.5) is 17.1 Å². The molecule has 2 amide bonds. The van der Waals surface area contributed by atoms with Gasteiger partial charge in [0.25, 0.3) is 11.6 Å². The zero-order valence-electron chi connectivity index (χ0n) is 19.0. The Labute approximate surface area is 193 Å². The summed E-state index contributed by atoms with van der Waals surface area (Å²) >= 11 is 0. The van der Waals surface area contributed by atoms with Crippen LogP contribution in [0.25, 0.3) is 6.08 Å². The van der Waals surface area contributed by atoms with E-state index in [0.717, 1.165) is 38.0 Å². The molecule has 2 aromatic carbocycles. The van der Waals surface area contributed by atoms with Gasteiger partial charge in [0, 0.05) is 48.7 Å². The van der Waals surface area contributed by atoms with Gasteiger partial charge in [0.05, 0.1) is 10.5 Å². The fourth-order valence-electron chi connectivity index (χ4n) is 3.67. The van der Waals surface area contributed by atoms with Crippen molar-refractivity contribution in [1.29, 1.82) is 0 Å². The van der Waals surface area contributed by atoms with Gasteiger partial charge in [0.15, 0.2) is 0 Å². The lowest BCUT2D eigenvalue weighted by Crippen LogP contribution is -2.35. The van der Waals surface area contributed by atoms with Gasteiger partial charge in [0.2, 0.25) is 5.91 Å². The van der Waals surface area contributed by atoms with Crippen molar-refractivity contribution in [1.82, 2.24) is 5.32 Å². The maximum Gasteiger partial charge on any atom is 0.269 e. The highest BCUT2D eigenvalue weighted by Gasteiger charge is 2.20. The SMILES string of the molecule is CC[C@@H](C)NC(=O)c1cc(NC(=O)/C=C/c2ccc([N+](=O)[O-])cc2)ccc1N1CCCCC1. The molecule has 8 heteroatoms. The van der Waals surface area contributed by atoms with E-state index in [0.29, 0.717) is 16.8 Å². The second-order valence-electron chi connectivity index (χ2n) is 8.23. The molecule has 1 saturated heterocycles. The molecule has 0 aromatic heterocycles. The summed E-state index contributed by atoms with van der Waals surface area (Å²) in [4.78, 5) is 37.9. The molecular weight excluding hydrogens is 420 g/mol. The van der Waals surface area contributed by atoms with E-state index >= 15 is 0 Å². The van der Waals surface area contributed by atoms with E-state index < -0.39 is 4.92 Å². The van der Waals surface area contributed by atoms with Crippen molar-refractivity contribution < 1.29 is 14.5 Å². The van der Waals surface area contributed by atoms with E-state index in [4.69, 9.17) is 0 Å². The number of non-ortho nitro benzene ring substituents is 1. The van der Waals surface area contributed by atoms with Crippen molar-refractivity contribution in [3.05, 3.63) is 69.8 Å². The Balaban J connectivity index is 1.76. The number of anilines is 2. The molecule has 0 aliphatic carbocycles. The first-order chi connectivity index (χ1) is 15.9. The summed E-state index contributed by atoms with van der Waals surface area (Å²) in [6.07, 6.45) is 7.15. The number of piperidine rings is 1. The molecule has 3 rings (SSSR count). The number of nitrogens with zero attached hydrogens (tertiary/aromatic N) is 2. The highest BCUT2D eigenvalue weighted by atomic mass is 16.6. The number of hydrogen-bond donors (Lipinski definition) is 2. The second kappa shape index (κ2) is 11.3. The maximum atomic E-state index is 13.0. The smallest absolute Gasteiger partial charge is 0.269 e. The molecule has 1 aliphatic rings. The summed E-state index contributed by atoms with van der Waals surface area (Å²) in [7, 11) is 0. The molecule has 0 saturated carbocycles. The summed E-state index contributed by atoms with van der Waals surface area (Å²) in [6.45, 7) is 5.80. The Morgan fingerprint density at radius 1 is 1.12 bits per heavy atom. The summed E-state index contributed by atoms with van der Waals surface area (Å²) in [5.41, 5.74) is 2.63. The lowest BCUT2D eigenvalue weighted by molar-refractivity contribution is -0.384. The number of amides is 2. The molecule has 33 heavy (non-hydrogen) atoms. The van der Waals surface area contributed by atoms with E-state index in [1.54, 1.807) is 24.3 Å². The molecule has 0 bridgehead atoms. The monoisotopic (exact) mass is 450 g/mol. The third kappa shape index (κ3) is 6.65. The van der Waals surface area contributed by atoms with Gasteiger partial charge >= 0.3 is 0 Å². The highest BCUT2D eigenvalue weighted by molar-refractivity contribution is 6.05. The van der Waals surface area contributed by atoms with Crippen LogP contribution in [-0.2, 0) is 4.79 Å². The molecule has 2 N–H and O–H groups in total. The lowest BCUT2D eigenvalue weighted by atomic mass is 10.1. The van der Waals surface area contributed by atoms with Gasteiger partial charge < -0.3 is 15.5 Å². The van der Waals surface area contributed by atoms with Crippen molar-refractivity contribution in [2.75, 3.05) is 23.3 Å². The number of nitro benzene ring substituents is 1. The molecule has 1 heterocycles. The van der Waals surface area contributed by atoms with E-state index in [1.807, 2.05) is 26.0 Å². The number of nitro groups is 1. The fourth-order valence-corrected chi connectivity index (χ4v) is 3.67. The molecule has 2 aromatic rings. The lowest BCUT2D eigenvalue weighted by Gasteiger charge is -2.30. The molecule has 0 spiro atoms. The quantitative estimate of drug-likeness (QED) is 0.343. The molecule has 1 fully saturated rings. The minimum Gasteiger partial charge on any atom is -0.371 e. The minimum absolute atomic E-state index is 0.00593. The topological polar surface area (TPSA) is 105 Å². The zero-order valence-corrected chi connectivity index (χ0v) is 19.0. The molecule has 1 atom stereocenters. The van der Waals surface area contributed by atoms with Crippen LogP contribution in [0.1, 0.15) is 55.5 Å². The van der Waals surface area contributed by atoms with Crippen molar-refractivity contribution in [3.8, 4) is 0 Å². The summed E-state index contributed by atoms with van der Waals surface area (Å²) in [6, 6.07) is 11.4. The van der Waals surface area contributed by atoms with Gasteiger partial charge in [-0.05, 0) is 74.6 Å². The Bertz CT molecular complexity index is 1030. The van der Waals surface area contributed by atoms with Gasteiger partial charge in [-0.1, -0.05) is 6.92 Å². The van der Waals surface area contributed by atoms with Crippen molar-refractivity contribution in [2.45, 2.75) is 45.6 Å². The van der Waals surface area contributed by atoms with E-state index in [1.165, 1.54) is 24.6 Å². The molecule has 0 radical (unpaired) electrons. The van der Waals surface area contributed by atoms with Crippen LogP contribution < -0.4 is 15.5 Å². The number of carbonyl (C=O) groups is 2. The Hall–Kier alpha value is -3.68. The molecule has 0 unspecified atom stereocenters. The van der Waals surface area contributed by atoms with Gasteiger partial charge in [0.1, 0.15) is 0 Å². The highest BCUT2D eigenvalue weighted by Crippen LogP contribution is 2.27. The third-order valence-corrected chi connectivity index (χ3v) is 5.73. The first-order valence-electron chi connectivity index (χ1n) is 11.3. The standard InChI is InChI=1S/C25H30N4O4/c1-3-18(2)26-25(31)22-17-20(10-13-23(22)28-15-5-4-6-16-28)27-24(30)14-9-19-7-11-21(12-8-19)29(32)33/h7-14,17-18H,3-6,15-16H2,1-2H3,(H,26,31)(H,27,30)/b14-9+/t18-/m1/s1. The largest absolute Gasteiger partial charge is 0.371 e. The van der Waals surface area contributed by atoms with Gasteiger partial charge in [-0.3, -0.25) is 19.7 Å². The van der Waals surface area contributed by atoms with Crippen molar-refractivity contribution in [2.24, 2.45) is 0 Å². The van der Waals surface area contributed by atoms with Crippen LogP contribution in [0.2, 0.25) is 0 Å². The van der Waals surface area contributed by atoms with Crippen LogP contribution >= 0.6 is 0 Å². The van der Waals surface area contributed by atoms with Gasteiger partial charge in [-0.2, -0.15) is 0 Å². The molecule has 1 aliphatic heterocycles. The zero-order chi connectivity index (χ0) is 23.8. The number of rotatable bonds is 8. The minimum atomic E-state index is -0.469. The van der Waals surface area contributed by atoms with E-state index in [9.17, 15) is 19.7 Å². The predicted molar refractivity (Wildman–Crippen MR) is 130 cm³/mol. The van der Waals surface area contributed by atoms with Crippen LogP contribution in [0.3, 0.4) is 0 Å². The van der Waals surface area contributed by atoms with Crippen LogP contribution in [0.15, 0.2) is 48.5 Å². The van der Waals surface area contributed by atoms with Crippen LogP contribution in [0.5, 0.6) is 0 Å². The fraction of sp³-hybridized carbons (Fsp3) is 0.360. The third-order valence-electron chi connectivity index (χ3n) is 5.73. The normalized spacial score (nSPS) is 14.7. The van der Waals surface area contributed by atoms with Gasteiger partial charge in [-0.25, -0.2) is 0 Å². The first kappa shape index (κ1) is 24.0. The van der Waals surface area contributed by atoms with E-state index in [2.05, 4.69) is 15.5 Å². The number of nitrogens with one attached hydrogen (secondary N) is 2. The average Bonchev–Trinajstić information content (AvgIpc) is 2.83. The number of hydrogen-bond acceptors (Lipinski definition) is 5. The maximum absolute atomic E-state index is 13.0. The van der Waals surface area contributed by atoms with E-state index in [-0.39, 0.29) is 23.5 Å². The number of benzene rings is 2. The Morgan fingerprint density at radius 2 is 1.82 bits per heavy atom. The van der Waals surface area contributed by atoms with Gasteiger partial charge in [-0.15, -0.1) is 0 Å². The first-order valence-corrected chi connectivity index (χ1v) is 11.3.